The maximum atomic E-state index is 11.8. The summed E-state index contributed by atoms with van der Waals surface area (Å²) in [6.45, 7) is 1.94. The maximum absolute atomic E-state index is 11.8. The first kappa shape index (κ1) is 9.98. The number of carbonyl (C=O) groups is 1. The number of ketones is 1. The van der Waals surface area contributed by atoms with E-state index in [9.17, 15) is 4.79 Å². The third kappa shape index (κ3) is 2.27. The summed E-state index contributed by atoms with van der Waals surface area (Å²) in [6.07, 6.45) is 5.16. The van der Waals surface area contributed by atoms with E-state index in [1.54, 1.807) is 18.6 Å². The second kappa shape index (κ2) is 4.31. The lowest BCUT2D eigenvalue weighted by molar-refractivity contribution is 0.0995. The monoisotopic (exact) mass is 218 g/mol. The fourth-order valence-electron chi connectivity index (χ4n) is 1.32. The average molecular weight is 218 g/mol. The molecule has 0 aliphatic heterocycles. The summed E-state index contributed by atoms with van der Waals surface area (Å²) in [4.78, 5) is 20.7. The van der Waals surface area contributed by atoms with Gasteiger partial charge >= 0.3 is 0 Å². The molecule has 0 aliphatic carbocycles. The van der Waals surface area contributed by atoms with Crippen molar-refractivity contribution in [3.8, 4) is 0 Å². The van der Waals surface area contributed by atoms with Crippen molar-refractivity contribution >= 4 is 17.1 Å². The lowest BCUT2D eigenvalue weighted by Gasteiger charge is -1.98. The molecule has 0 aliphatic rings. The van der Waals surface area contributed by atoms with Crippen molar-refractivity contribution in [3.05, 3.63) is 46.2 Å². The normalized spacial score (nSPS) is 10.2. The second-order valence-electron chi connectivity index (χ2n) is 3.23. The van der Waals surface area contributed by atoms with Crippen LogP contribution in [0.15, 0.2) is 30.0 Å². The minimum atomic E-state index is 0.114. The van der Waals surface area contributed by atoms with Gasteiger partial charge in [0.1, 0.15) is 0 Å². The predicted molar refractivity (Wildman–Crippen MR) is 59.1 cm³/mol. The van der Waals surface area contributed by atoms with Crippen molar-refractivity contribution in [2.75, 3.05) is 0 Å². The minimum Gasteiger partial charge on any atom is -0.293 e. The molecule has 0 spiro atoms. The van der Waals surface area contributed by atoms with Crippen LogP contribution in [0.25, 0.3) is 0 Å². The molecule has 2 aromatic rings. The molecule has 0 bridgehead atoms. The number of rotatable bonds is 3. The van der Waals surface area contributed by atoms with Crippen LogP contribution in [0.2, 0.25) is 0 Å². The van der Waals surface area contributed by atoms with E-state index in [1.165, 1.54) is 11.3 Å². The highest BCUT2D eigenvalue weighted by molar-refractivity contribution is 7.12. The van der Waals surface area contributed by atoms with Crippen LogP contribution in [0.4, 0.5) is 0 Å². The number of Topliss-reactive ketones (excluding diaryl/α,β-unsaturated/α-hetero) is 1. The molecule has 76 valence electrons. The summed E-state index contributed by atoms with van der Waals surface area (Å²) in [7, 11) is 0. The average Bonchev–Trinajstić information content (AvgIpc) is 2.66. The molecular formula is C11H10N2OS. The largest absolute Gasteiger partial charge is 0.293 e. The van der Waals surface area contributed by atoms with Gasteiger partial charge in [0, 0.05) is 18.6 Å². The van der Waals surface area contributed by atoms with E-state index in [2.05, 4.69) is 9.97 Å². The van der Waals surface area contributed by atoms with E-state index in [0.29, 0.717) is 6.42 Å². The highest BCUT2D eigenvalue weighted by Crippen LogP contribution is 2.17. The summed E-state index contributed by atoms with van der Waals surface area (Å²) < 4.78 is 0. The van der Waals surface area contributed by atoms with Gasteiger partial charge < -0.3 is 0 Å². The fourth-order valence-corrected chi connectivity index (χ4v) is 2.19. The Kier molecular flexibility index (Phi) is 2.87. The zero-order chi connectivity index (χ0) is 10.7. The highest BCUT2D eigenvalue weighted by Gasteiger charge is 2.11. The van der Waals surface area contributed by atoms with E-state index in [1.807, 2.05) is 18.4 Å². The lowest BCUT2D eigenvalue weighted by atomic mass is 10.1. The first-order valence-electron chi connectivity index (χ1n) is 4.59. The Labute approximate surface area is 91.8 Å². The molecule has 0 fully saturated rings. The van der Waals surface area contributed by atoms with Gasteiger partial charge in [0.05, 0.1) is 17.0 Å². The summed E-state index contributed by atoms with van der Waals surface area (Å²) in [5.74, 6) is 0.114. The van der Waals surface area contributed by atoms with Gasteiger partial charge in [0.25, 0.3) is 0 Å². The van der Waals surface area contributed by atoms with Crippen molar-refractivity contribution in [2.24, 2.45) is 0 Å². The van der Waals surface area contributed by atoms with Gasteiger partial charge in [-0.15, -0.1) is 11.3 Å². The first-order chi connectivity index (χ1) is 7.27. The molecular weight excluding hydrogens is 208 g/mol. The van der Waals surface area contributed by atoms with Crippen LogP contribution in [-0.4, -0.2) is 15.8 Å². The Bertz CT molecular complexity index is 464. The van der Waals surface area contributed by atoms with Gasteiger partial charge in [-0.05, 0) is 23.9 Å². The molecule has 2 aromatic heterocycles. The topological polar surface area (TPSA) is 42.9 Å². The molecule has 15 heavy (non-hydrogen) atoms. The molecule has 0 atom stereocenters. The van der Waals surface area contributed by atoms with Crippen molar-refractivity contribution in [1.82, 2.24) is 9.97 Å². The molecule has 2 rings (SSSR count). The number of aryl methyl sites for hydroxylation is 1. The third-order valence-corrected chi connectivity index (χ3v) is 3.13. The molecule has 0 N–H and O–H groups in total. The Morgan fingerprint density at radius 2 is 2.33 bits per heavy atom. The van der Waals surface area contributed by atoms with Crippen LogP contribution < -0.4 is 0 Å². The SMILES string of the molecule is Cc1ccsc1C(=O)Cc1cnccn1. The number of hydrogen-bond acceptors (Lipinski definition) is 4. The second-order valence-corrected chi connectivity index (χ2v) is 4.15. The Morgan fingerprint density at radius 1 is 1.47 bits per heavy atom. The van der Waals surface area contributed by atoms with Gasteiger partial charge in [-0.3, -0.25) is 14.8 Å². The predicted octanol–water partition coefficient (Wildman–Crippen LogP) is 2.27. The van der Waals surface area contributed by atoms with Gasteiger partial charge in [0.15, 0.2) is 5.78 Å². The highest BCUT2D eigenvalue weighted by atomic mass is 32.1. The van der Waals surface area contributed by atoms with E-state index in [0.717, 1.165) is 16.1 Å². The lowest BCUT2D eigenvalue weighted by Crippen LogP contribution is -2.04. The van der Waals surface area contributed by atoms with Crippen molar-refractivity contribution in [1.29, 1.82) is 0 Å². The number of carbonyl (C=O) groups excluding carboxylic acids is 1. The van der Waals surface area contributed by atoms with Crippen molar-refractivity contribution in [2.45, 2.75) is 13.3 Å². The number of thiophene rings is 1. The molecule has 0 radical (unpaired) electrons. The minimum absolute atomic E-state index is 0.114. The number of aromatic nitrogens is 2. The number of nitrogens with zero attached hydrogens (tertiary/aromatic N) is 2. The number of hydrogen-bond donors (Lipinski definition) is 0. The standard InChI is InChI=1S/C11H10N2OS/c1-8-2-5-15-11(8)10(14)6-9-7-12-3-4-13-9/h2-5,7H,6H2,1H3. The smallest absolute Gasteiger partial charge is 0.179 e. The molecule has 0 unspecified atom stereocenters. The van der Waals surface area contributed by atoms with E-state index >= 15 is 0 Å². The molecule has 0 saturated carbocycles. The molecule has 0 amide bonds. The zero-order valence-electron chi connectivity index (χ0n) is 8.30. The van der Waals surface area contributed by atoms with Crippen LogP contribution in [-0.2, 0) is 6.42 Å². The maximum Gasteiger partial charge on any atom is 0.179 e. The van der Waals surface area contributed by atoms with E-state index < -0.39 is 0 Å². The summed E-state index contributed by atoms with van der Waals surface area (Å²) in [6, 6.07) is 1.95. The van der Waals surface area contributed by atoms with Gasteiger partial charge in [-0.2, -0.15) is 0 Å². The van der Waals surface area contributed by atoms with Crippen LogP contribution in [0.1, 0.15) is 20.9 Å². The van der Waals surface area contributed by atoms with Crippen molar-refractivity contribution < 1.29 is 4.79 Å². The van der Waals surface area contributed by atoms with Crippen LogP contribution in [0.3, 0.4) is 0 Å². The summed E-state index contributed by atoms with van der Waals surface area (Å²) in [5.41, 5.74) is 1.75. The molecule has 0 aromatic carbocycles. The van der Waals surface area contributed by atoms with E-state index in [-0.39, 0.29) is 5.78 Å². The quantitative estimate of drug-likeness (QED) is 0.742. The molecule has 0 saturated heterocycles. The Balaban J connectivity index is 2.15. The van der Waals surface area contributed by atoms with Crippen LogP contribution in [0, 0.1) is 6.92 Å². The van der Waals surface area contributed by atoms with E-state index in [4.69, 9.17) is 0 Å². The first-order valence-corrected chi connectivity index (χ1v) is 5.47. The molecule has 4 heteroatoms. The van der Waals surface area contributed by atoms with Gasteiger partial charge in [0.2, 0.25) is 0 Å². The van der Waals surface area contributed by atoms with Crippen LogP contribution >= 0.6 is 11.3 Å². The molecule has 2 heterocycles. The van der Waals surface area contributed by atoms with Gasteiger partial charge in [-0.25, -0.2) is 0 Å². The third-order valence-electron chi connectivity index (χ3n) is 2.07. The zero-order valence-corrected chi connectivity index (χ0v) is 9.12. The van der Waals surface area contributed by atoms with Crippen LogP contribution in [0.5, 0.6) is 0 Å². The fraction of sp³-hybridized carbons (Fsp3) is 0.182. The summed E-state index contributed by atoms with van der Waals surface area (Å²) in [5, 5.41) is 1.93. The van der Waals surface area contributed by atoms with Gasteiger partial charge in [-0.1, -0.05) is 0 Å². The molecule has 3 nitrogen and oxygen atoms in total. The Hall–Kier alpha value is -1.55. The van der Waals surface area contributed by atoms with Crippen molar-refractivity contribution in [3.63, 3.8) is 0 Å². The Morgan fingerprint density at radius 3 is 2.93 bits per heavy atom. The summed E-state index contributed by atoms with van der Waals surface area (Å²) >= 11 is 1.48.